The van der Waals surface area contributed by atoms with E-state index < -0.39 is 7.26 Å². The molecule has 0 unspecified atom stereocenters. The zero-order valence-electron chi connectivity index (χ0n) is 13.1. The molecule has 0 amide bonds. The van der Waals surface area contributed by atoms with Crippen molar-refractivity contribution in [3.05, 3.63) is 91.0 Å². The average Bonchev–Trinajstić information content (AvgIpc) is 2.62. The Balaban J connectivity index is 0.00000144. The second-order valence-electron chi connectivity index (χ2n) is 5.23. The van der Waals surface area contributed by atoms with Gasteiger partial charge < -0.3 is 17.1 Å². The molecule has 0 fully saturated rings. The van der Waals surface area contributed by atoms with Gasteiger partial charge in [-0.15, -0.1) is 0 Å². The number of rotatable bonds is 5. The molecule has 0 atom stereocenters. The van der Waals surface area contributed by atoms with E-state index in [9.17, 15) is 0 Å². The van der Waals surface area contributed by atoms with Crippen LogP contribution in [0.1, 0.15) is 0 Å². The summed E-state index contributed by atoms with van der Waals surface area (Å²) in [5.41, 5.74) is 0. The maximum atomic E-state index is 5.72. The van der Waals surface area contributed by atoms with Crippen molar-refractivity contribution in [3.8, 4) is 0 Å². The predicted molar refractivity (Wildman–Crippen MR) is 104 cm³/mol. The first-order valence-electron chi connectivity index (χ1n) is 7.42. The molecular formula is C20H21ClKOP. The van der Waals surface area contributed by atoms with Crippen LogP contribution in [0.4, 0.5) is 0 Å². The molecule has 0 heterocycles. The minimum atomic E-state index is -1.78. The van der Waals surface area contributed by atoms with E-state index in [1.54, 1.807) is 7.11 Å². The van der Waals surface area contributed by atoms with E-state index in [0.29, 0.717) is 6.35 Å². The third-order valence-corrected chi connectivity index (χ3v) is 8.10. The molecule has 0 bridgehead atoms. The van der Waals surface area contributed by atoms with Crippen LogP contribution in [0.5, 0.6) is 0 Å². The zero-order valence-corrected chi connectivity index (χ0v) is 14.8. The Morgan fingerprint density at radius 3 is 1.17 bits per heavy atom. The Bertz CT molecular complexity index is 611. The Morgan fingerprint density at radius 1 is 0.625 bits per heavy atom. The first-order chi connectivity index (χ1) is 10.9. The molecule has 0 aliphatic heterocycles. The van der Waals surface area contributed by atoms with Gasteiger partial charge in [0, 0.05) is 7.11 Å². The van der Waals surface area contributed by atoms with Gasteiger partial charge in [-0.05, 0) is 36.4 Å². The van der Waals surface area contributed by atoms with E-state index in [2.05, 4.69) is 91.0 Å². The number of halogens is 1. The molecule has 0 saturated heterocycles. The van der Waals surface area contributed by atoms with Crippen LogP contribution in [0.15, 0.2) is 91.0 Å². The van der Waals surface area contributed by atoms with Crippen molar-refractivity contribution >= 4 is 74.6 Å². The molecule has 24 heavy (non-hydrogen) atoms. The Morgan fingerprint density at radius 2 is 0.917 bits per heavy atom. The van der Waals surface area contributed by atoms with Gasteiger partial charge in [-0.2, -0.15) is 0 Å². The number of hydrogen-bond acceptors (Lipinski definition) is 1. The van der Waals surface area contributed by atoms with Gasteiger partial charge >= 0.3 is 51.4 Å². The summed E-state index contributed by atoms with van der Waals surface area (Å²) in [6, 6.07) is 32.3. The molecule has 0 aliphatic rings. The SMILES string of the molecule is COC[P+](c1ccccc1)(c1ccccc1)c1ccccc1.[Cl-].[KH]. The second kappa shape index (κ2) is 10.9. The van der Waals surface area contributed by atoms with Gasteiger partial charge in [0.15, 0.2) is 6.35 Å². The summed E-state index contributed by atoms with van der Waals surface area (Å²) < 4.78 is 5.72. The van der Waals surface area contributed by atoms with Gasteiger partial charge in [0.25, 0.3) is 0 Å². The number of ether oxygens (including phenoxy) is 1. The molecule has 120 valence electrons. The van der Waals surface area contributed by atoms with Crippen LogP contribution in [0.25, 0.3) is 0 Å². The fourth-order valence-electron chi connectivity index (χ4n) is 2.91. The average molecular weight is 383 g/mol. The first kappa shape index (κ1) is 22.0. The zero-order chi connectivity index (χ0) is 15.3. The summed E-state index contributed by atoms with van der Waals surface area (Å²) in [5.74, 6) is 0. The van der Waals surface area contributed by atoms with Crippen LogP contribution in [0.2, 0.25) is 0 Å². The fraction of sp³-hybridized carbons (Fsp3) is 0.100. The van der Waals surface area contributed by atoms with Crippen molar-refractivity contribution in [2.24, 2.45) is 0 Å². The van der Waals surface area contributed by atoms with Crippen LogP contribution in [0, 0.1) is 0 Å². The van der Waals surface area contributed by atoms with E-state index in [0.717, 1.165) is 0 Å². The molecule has 0 radical (unpaired) electrons. The van der Waals surface area contributed by atoms with E-state index in [1.807, 2.05) is 0 Å². The van der Waals surface area contributed by atoms with Crippen LogP contribution < -0.4 is 28.3 Å². The summed E-state index contributed by atoms with van der Waals surface area (Å²) in [7, 11) is 0.0197. The minimum absolute atomic E-state index is 0. The fourth-order valence-corrected chi connectivity index (χ4v) is 6.68. The molecule has 0 N–H and O–H groups in total. The Kier molecular flexibility index (Phi) is 9.96. The van der Waals surface area contributed by atoms with E-state index >= 15 is 0 Å². The molecule has 0 spiro atoms. The molecule has 4 heteroatoms. The van der Waals surface area contributed by atoms with Gasteiger partial charge in [-0.3, -0.25) is 0 Å². The Labute approximate surface area is 194 Å². The standard InChI is InChI=1S/C20H20OP.ClH.K.H/c1-21-17-22(18-11-5-2-6-12-18,19-13-7-3-8-14-19)20-15-9-4-10-16-20;;;/h2-16H,17H2,1H3;1H;;/q+1;;;/p-1. The van der Waals surface area contributed by atoms with Gasteiger partial charge in [0.2, 0.25) is 0 Å². The summed E-state index contributed by atoms with van der Waals surface area (Å²) in [5, 5.41) is 4.07. The van der Waals surface area contributed by atoms with Gasteiger partial charge in [0.05, 0.1) is 0 Å². The summed E-state index contributed by atoms with van der Waals surface area (Å²) >= 11 is 0. The third-order valence-electron chi connectivity index (χ3n) is 3.91. The molecule has 1 nitrogen and oxygen atoms in total. The molecule has 3 aromatic carbocycles. The number of hydrogen-bond donors (Lipinski definition) is 0. The van der Waals surface area contributed by atoms with Crippen molar-refractivity contribution in [2.45, 2.75) is 0 Å². The molecule has 3 aromatic rings. The topological polar surface area (TPSA) is 9.23 Å². The van der Waals surface area contributed by atoms with Crippen molar-refractivity contribution in [3.63, 3.8) is 0 Å². The van der Waals surface area contributed by atoms with Gasteiger partial charge in [-0.1, -0.05) is 54.6 Å². The van der Waals surface area contributed by atoms with Crippen LogP contribution in [-0.2, 0) is 4.74 Å². The molecule has 0 saturated carbocycles. The summed E-state index contributed by atoms with van der Waals surface area (Å²) in [6.07, 6.45) is 0.713. The predicted octanol–water partition coefficient (Wildman–Crippen LogP) is -0.0601. The molecule has 0 aromatic heterocycles. The second-order valence-corrected chi connectivity index (χ2v) is 8.66. The van der Waals surface area contributed by atoms with E-state index in [1.165, 1.54) is 15.9 Å². The maximum absolute atomic E-state index is 5.72. The molecule has 3 rings (SSSR count). The number of methoxy groups -OCH3 is 1. The Hall–Kier alpha value is -0.0236. The summed E-state index contributed by atoms with van der Waals surface area (Å²) in [4.78, 5) is 0. The summed E-state index contributed by atoms with van der Waals surface area (Å²) in [6.45, 7) is 0. The van der Waals surface area contributed by atoms with Crippen molar-refractivity contribution < 1.29 is 17.1 Å². The van der Waals surface area contributed by atoms with Gasteiger partial charge in [-0.25, -0.2) is 0 Å². The van der Waals surface area contributed by atoms with Crippen LogP contribution in [0.3, 0.4) is 0 Å². The van der Waals surface area contributed by atoms with E-state index in [4.69, 9.17) is 4.74 Å². The van der Waals surface area contributed by atoms with Crippen molar-refractivity contribution in [2.75, 3.05) is 13.5 Å². The molecule has 0 aliphatic carbocycles. The van der Waals surface area contributed by atoms with Crippen LogP contribution in [-0.4, -0.2) is 64.8 Å². The van der Waals surface area contributed by atoms with Crippen LogP contribution >= 0.6 is 7.26 Å². The third kappa shape index (κ3) is 4.57. The van der Waals surface area contributed by atoms with Gasteiger partial charge in [0.1, 0.15) is 23.2 Å². The quantitative estimate of drug-likeness (QED) is 0.444. The van der Waals surface area contributed by atoms with E-state index in [-0.39, 0.29) is 63.8 Å². The monoisotopic (exact) mass is 382 g/mol. The van der Waals surface area contributed by atoms with Crippen molar-refractivity contribution in [1.29, 1.82) is 0 Å². The molecular weight excluding hydrogens is 362 g/mol. The van der Waals surface area contributed by atoms with Crippen molar-refractivity contribution in [1.82, 2.24) is 0 Å². The normalized spacial score (nSPS) is 10.4. The number of benzene rings is 3. The first-order valence-corrected chi connectivity index (χ1v) is 9.39.